The molecule has 0 amide bonds. The number of rotatable bonds is 24. The second kappa shape index (κ2) is 18.9. The fourth-order valence-corrected chi connectivity index (χ4v) is 7.63. The molecule has 12 nitrogen and oxygen atoms in total. The van der Waals surface area contributed by atoms with Crippen molar-refractivity contribution in [1.82, 2.24) is 9.80 Å². The number of nitrogens with zero attached hydrogens (tertiary/aromatic N) is 9. The Hall–Kier alpha value is -5.69. The molecule has 0 saturated carbocycles. The summed E-state index contributed by atoms with van der Waals surface area (Å²) in [5, 5.41) is 19.4. The van der Waals surface area contributed by atoms with E-state index in [1.807, 2.05) is 9.80 Å². The minimum Gasteiger partial charge on any atom is -0.378 e. The average molecular weight is 984 g/mol. The van der Waals surface area contributed by atoms with E-state index in [4.69, 9.17) is 14.2 Å². The van der Waals surface area contributed by atoms with Crippen LogP contribution in [0.4, 0.5) is 52.7 Å². The number of aliphatic imine (C=N–C) groups is 1. The van der Waals surface area contributed by atoms with Gasteiger partial charge in [0.25, 0.3) is 0 Å². The normalized spacial score (nSPS) is 19.4. The van der Waals surface area contributed by atoms with E-state index >= 15 is 0 Å². The molecule has 4 aliphatic heterocycles. The highest BCUT2D eigenvalue weighted by Gasteiger charge is 2.67. The van der Waals surface area contributed by atoms with Gasteiger partial charge in [0.15, 0.2) is 0 Å². The minimum atomic E-state index is -4.68. The van der Waals surface area contributed by atoms with Crippen molar-refractivity contribution in [2.45, 2.75) is 73.4 Å². The molecule has 0 fully saturated rings. The lowest BCUT2D eigenvalue weighted by Gasteiger charge is -2.24. The van der Waals surface area contributed by atoms with Gasteiger partial charge in [-0.3, -0.25) is 14.8 Å². The number of ether oxygens (including phenoxy) is 3. The molecule has 4 aromatic rings. The first kappa shape index (κ1) is 49.7. The van der Waals surface area contributed by atoms with Crippen LogP contribution in [0.1, 0.15) is 44.5 Å². The van der Waals surface area contributed by atoms with Gasteiger partial charge in [0.2, 0.25) is 5.54 Å². The van der Waals surface area contributed by atoms with E-state index in [0.717, 1.165) is 6.21 Å². The maximum atomic E-state index is 13.6. The maximum absolute atomic E-state index is 13.6. The predicted molar refractivity (Wildman–Crippen MR) is 220 cm³/mol. The summed E-state index contributed by atoms with van der Waals surface area (Å²) in [4.78, 5) is 7.32. The van der Waals surface area contributed by atoms with Gasteiger partial charge in [0.05, 0.1) is 39.6 Å². The molecule has 1 unspecified atom stereocenters. The third-order valence-corrected chi connectivity index (χ3v) is 11.8. The van der Waals surface area contributed by atoms with E-state index in [-0.39, 0.29) is 88.1 Å². The number of hydrogen-bond acceptors (Lipinski definition) is 12. The highest BCUT2D eigenvalue weighted by atomic mass is 19.4. The van der Waals surface area contributed by atoms with Crippen LogP contribution in [-0.4, -0.2) is 93.5 Å². The highest BCUT2D eigenvalue weighted by Crippen LogP contribution is 2.54. The van der Waals surface area contributed by atoms with Crippen molar-refractivity contribution >= 4 is 6.21 Å². The number of halogens is 12. The van der Waals surface area contributed by atoms with Gasteiger partial charge in [0, 0.05) is 62.2 Å². The quantitative estimate of drug-likeness (QED) is 0.0511. The van der Waals surface area contributed by atoms with Gasteiger partial charge >= 0.3 is 41.7 Å². The van der Waals surface area contributed by atoms with Crippen molar-refractivity contribution < 1.29 is 66.9 Å². The van der Waals surface area contributed by atoms with E-state index < -0.39 is 47.2 Å². The third kappa shape index (κ3) is 10.9. The van der Waals surface area contributed by atoms with Crippen molar-refractivity contribution in [3.8, 4) is 0 Å². The maximum Gasteiger partial charge on any atom is 0.442 e. The van der Waals surface area contributed by atoms with Crippen LogP contribution in [0.3, 0.4) is 0 Å². The second-order valence-electron chi connectivity index (χ2n) is 16.7. The van der Waals surface area contributed by atoms with Crippen molar-refractivity contribution in [2.24, 2.45) is 35.7 Å². The lowest BCUT2D eigenvalue weighted by Crippen LogP contribution is -2.32. The van der Waals surface area contributed by atoms with Crippen LogP contribution in [0.15, 0.2) is 133 Å². The van der Waals surface area contributed by atoms with Crippen LogP contribution in [0.25, 0.3) is 0 Å². The zero-order chi connectivity index (χ0) is 49.4. The van der Waals surface area contributed by atoms with Gasteiger partial charge < -0.3 is 14.2 Å². The van der Waals surface area contributed by atoms with Crippen LogP contribution in [-0.2, 0) is 62.9 Å². The fraction of sp³-hybridized carbons (Fsp3) is 0.444. The molecule has 1 atom stereocenters. The zero-order valence-electron chi connectivity index (χ0n) is 36.1. The summed E-state index contributed by atoms with van der Waals surface area (Å²) in [6.07, 6.45) is -17.8. The van der Waals surface area contributed by atoms with Crippen molar-refractivity contribution in [3.05, 3.63) is 142 Å². The largest absolute Gasteiger partial charge is 0.442 e. The second-order valence-corrected chi connectivity index (χ2v) is 16.7. The van der Waals surface area contributed by atoms with Gasteiger partial charge in [-0.2, -0.15) is 52.7 Å². The molecule has 69 heavy (non-hydrogen) atoms. The first-order chi connectivity index (χ1) is 32.6. The summed E-state index contributed by atoms with van der Waals surface area (Å²) in [6, 6.07) is 22.9. The molecule has 0 N–H and O–H groups in total. The summed E-state index contributed by atoms with van der Waals surface area (Å²) in [5.74, 6) is 0. The lowest BCUT2D eigenvalue weighted by molar-refractivity contribution is -0.166. The standard InChI is InChI=1S/C45H41F12N9O3/c46-42(47,48)38(29-58-38)34-9-1-30(2-10-34)25-65(26-31-3-11-35(12-4-31)39(59-60-39)43(49,50)51)17-19-67-21-23-69-24-22-68-20-18-66(27-32-5-13-36(14-6-32)40(61-62-40)44(52,53)54)28-33-7-15-37(16-8-33)41(63-64-41)45(55,56)57/h1-16,29H,17-28H2. The minimum absolute atomic E-state index is 0.0170. The van der Waals surface area contributed by atoms with Gasteiger partial charge in [0.1, 0.15) is 0 Å². The summed E-state index contributed by atoms with van der Waals surface area (Å²) in [6.45, 7) is 2.88. The molecule has 0 aliphatic carbocycles. The van der Waals surface area contributed by atoms with Crippen LogP contribution in [0.5, 0.6) is 0 Å². The van der Waals surface area contributed by atoms with E-state index in [2.05, 4.69) is 35.7 Å². The molecule has 0 radical (unpaired) electrons. The van der Waals surface area contributed by atoms with Gasteiger partial charge in [-0.05, 0) is 27.8 Å². The molecular weight excluding hydrogens is 943 g/mol. The molecule has 0 aromatic heterocycles. The molecule has 0 spiro atoms. The SMILES string of the molecule is FC(F)(F)C1(c2ccc(CN(CCOCCOCCOCCN(Cc3ccc(C4(C(F)(F)F)N=N4)cc3)Cc3ccc(C4(C(F)(F)F)N=N4)cc3)Cc3ccc(C4(C(F)(F)F)N=N4)cc3)cc2)C=N1. The van der Waals surface area contributed by atoms with E-state index in [1.165, 1.54) is 84.9 Å². The fourth-order valence-electron chi connectivity index (χ4n) is 7.63. The Bertz CT molecular complexity index is 2170. The van der Waals surface area contributed by atoms with Crippen LogP contribution < -0.4 is 0 Å². The number of alkyl halides is 12. The Labute approximate surface area is 385 Å². The predicted octanol–water partition coefficient (Wildman–Crippen LogP) is 10.8. The molecule has 0 saturated heterocycles. The topological polar surface area (TPSA) is 121 Å². The van der Waals surface area contributed by atoms with E-state index in [1.54, 1.807) is 12.1 Å². The monoisotopic (exact) mass is 983 g/mol. The summed E-state index contributed by atoms with van der Waals surface area (Å²) >= 11 is 0. The van der Waals surface area contributed by atoms with E-state index in [9.17, 15) is 52.7 Å². The summed E-state index contributed by atoms with van der Waals surface area (Å²) < 4.78 is 180. The summed E-state index contributed by atoms with van der Waals surface area (Å²) in [5.41, 5.74) is -7.75. The van der Waals surface area contributed by atoms with Gasteiger partial charge in [-0.1, -0.05) is 97.1 Å². The molecule has 368 valence electrons. The first-order valence-corrected chi connectivity index (χ1v) is 21.3. The molecular formula is C45H41F12N9O3. The van der Waals surface area contributed by atoms with Crippen molar-refractivity contribution in [2.75, 3.05) is 52.7 Å². The molecule has 4 aromatic carbocycles. The molecule has 8 rings (SSSR count). The average Bonchev–Trinajstić information content (AvgIpc) is 4.09. The van der Waals surface area contributed by atoms with E-state index in [0.29, 0.717) is 35.3 Å². The van der Waals surface area contributed by atoms with Gasteiger partial charge in [-0.25, -0.2) is 0 Å². The van der Waals surface area contributed by atoms with Crippen LogP contribution >= 0.6 is 0 Å². The van der Waals surface area contributed by atoms with Crippen LogP contribution in [0, 0.1) is 0 Å². The first-order valence-electron chi connectivity index (χ1n) is 21.3. The Kier molecular flexibility index (Phi) is 13.6. The Balaban J connectivity index is 0.791. The smallest absolute Gasteiger partial charge is 0.378 e. The zero-order valence-corrected chi connectivity index (χ0v) is 36.1. The number of hydrogen-bond donors (Lipinski definition) is 0. The number of benzene rings is 4. The van der Waals surface area contributed by atoms with Crippen molar-refractivity contribution in [3.63, 3.8) is 0 Å². The molecule has 4 heterocycles. The lowest BCUT2D eigenvalue weighted by atomic mass is 9.96. The molecule has 4 aliphatic rings. The Morgan fingerprint density at radius 1 is 0.348 bits per heavy atom. The van der Waals surface area contributed by atoms with Crippen LogP contribution in [0.2, 0.25) is 0 Å². The third-order valence-electron chi connectivity index (χ3n) is 11.8. The molecule has 24 heteroatoms. The highest BCUT2D eigenvalue weighted by molar-refractivity contribution is 5.87. The van der Waals surface area contributed by atoms with Gasteiger partial charge in [-0.15, -0.1) is 30.7 Å². The summed E-state index contributed by atoms with van der Waals surface area (Å²) in [7, 11) is 0. The Morgan fingerprint density at radius 3 is 0.812 bits per heavy atom. The van der Waals surface area contributed by atoms with Crippen molar-refractivity contribution in [1.29, 1.82) is 0 Å². The molecule has 0 bridgehead atoms. The Morgan fingerprint density at radius 2 is 0.594 bits per heavy atom.